The molecule has 0 saturated heterocycles. The number of benzene rings is 2. The summed E-state index contributed by atoms with van der Waals surface area (Å²) in [4.78, 5) is 18.0. The highest BCUT2D eigenvalue weighted by Crippen LogP contribution is 2.38. The Morgan fingerprint density at radius 2 is 2.08 bits per heavy atom. The van der Waals surface area contributed by atoms with Gasteiger partial charge in [0.1, 0.15) is 0 Å². The summed E-state index contributed by atoms with van der Waals surface area (Å²) in [6.45, 7) is 0.240. The number of carbonyl (C=O) groups excluding carboxylic acids is 1. The molecule has 1 N–H and O–H groups in total. The maximum absolute atomic E-state index is 12.5. The fourth-order valence-electron chi connectivity index (χ4n) is 2.82. The molecule has 0 spiro atoms. The molecule has 2 aromatic carbocycles. The maximum atomic E-state index is 12.5. The average molecular weight is 365 g/mol. The summed E-state index contributed by atoms with van der Waals surface area (Å²) in [5.74, 6) is 1.49. The number of hydrogen-bond acceptors (Lipinski definition) is 5. The van der Waals surface area contributed by atoms with E-state index in [1.54, 1.807) is 11.8 Å². The Labute approximate surface area is 156 Å². The van der Waals surface area contributed by atoms with Crippen LogP contribution in [0.25, 0.3) is 11.1 Å². The normalized spacial score (nSPS) is 13.6. The zero-order valence-electron chi connectivity index (χ0n) is 14.4. The summed E-state index contributed by atoms with van der Waals surface area (Å²) in [7, 11) is 0. The van der Waals surface area contributed by atoms with Crippen LogP contribution in [0.3, 0.4) is 0 Å². The lowest BCUT2D eigenvalue weighted by Gasteiger charge is -2.09. The molecule has 0 aliphatic heterocycles. The van der Waals surface area contributed by atoms with Gasteiger partial charge in [-0.2, -0.15) is 4.98 Å². The van der Waals surface area contributed by atoms with Crippen molar-refractivity contribution in [2.24, 2.45) is 0 Å². The largest absolute Gasteiger partial charge is 0.343 e. The number of thioether (sulfide) groups is 1. The fraction of sp³-hybridized carbons (Fsp3) is 0.250. The second kappa shape index (κ2) is 7.33. The van der Waals surface area contributed by atoms with Gasteiger partial charge in [-0.05, 0) is 48.4 Å². The number of nitrogens with zero attached hydrogens (tertiary/aromatic N) is 2. The third-order valence-corrected chi connectivity index (χ3v) is 5.17. The Balaban J connectivity index is 1.47. The van der Waals surface area contributed by atoms with E-state index in [0.29, 0.717) is 17.4 Å². The van der Waals surface area contributed by atoms with Crippen LogP contribution in [-0.2, 0) is 6.54 Å². The Bertz CT molecular complexity index is 934. The molecule has 4 rings (SSSR count). The summed E-state index contributed by atoms with van der Waals surface area (Å²) in [6.07, 6.45) is 4.29. The summed E-state index contributed by atoms with van der Waals surface area (Å²) in [5.41, 5.74) is 2.76. The Kier molecular flexibility index (Phi) is 4.75. The van der Waals surface area contributed by atoms with Gasteiger partial charge in [0.25, 0.3) is 5.91 Å². The van der Waals surface area contributed by atoms with Crippen LogP contribution >= 0.6 is 11.8 Å². The molecule has 0 bridgehead atoms. The van der Waals surface area contributed by atoms with Gasteiger partial charge in [-0.1, -0.05) is 35.5 Å². The number of hydrogen-bond donors (Lipinski definition) is 1. The molecule has 0 atom stereocenters. The van der Waals surface area contributed by atoms with Crippen molar-refractivity contribution in [3.8, 4) is 11.1 Å². The summed E-state index contributed by atoms with van der Waals surface area (Å²) >= 11 is 1.69. The highest BCUT2D eigenvalue weighted by atomic mass is 32.2. The Hall–Kier alpha value is -2.60. The van der Waals surface area contributed by atoms with Crippen molar-refractivity contribution >= 4 is 17.7 Å². The van der Waals surface area contributed by atoms with Gasteiger partial charge in [0.2, 0.25) is 5.89 Å². The van der Waals surface area contributed by atoms with E-state index in [1.165, 1.54) is 4.90 Å². The van der Waals surface area contributed by atoms with E-state index in [0.717, 1.165) is 29.8 Å². The Morgan fingerprint density at radius 1 is 1.23 bits per heavy atom. The number of rotatable bonds is 6. The highest BCUT2D eigenvalue weighted by Gasteiger charge is 2.28. The van der Waals surface area contributed by atoms with Gasteiger partial charge in [-0.15, -0.1) is 11.8 Å². The van der Waals surface area contributed by atoms with Gasteiger partial charge in [0, 0.05) is 16.4 Å². The topological polar surface area (TPSA) is 68.0 Å². The number of amides is 1. The lowest BCUT2D eigenvalue weighted by Crippen LogP contribution is -2.23. The molecule has 3 aromatic rings. The molecule has 132 valence electrons. The van der Waals surface area contributed by atoms with Gasteiger partial charge < -0.3 is 9.84 Å². The fourth-order valence-corrected chi connectivity index (χ4v) is 3.44. The Morgan fingerprint density at radius 3 is 2.88 bits per heavy atom. The molecule has 1 fully saturated rings. The maximum Gasteiger partial charge on any atom is 0.251 e. The molecule has 1 aromatic heterocycles. The molecular formula is C20H19N3O2S. The second-order valence-corrected chi connectivity index (χ2v) is 7.13. The lowest BCUT2D eigenvalue weighted by molar-refractivity contribution is 0.0946. The van der Waals surface area contributed by atoms with Crippen LogP contribution in [0, 0.1) is 0 Å². The van der Waals surface area contributed by atoms with Crippen LogP contribution in [0.15, 0.2) is 57.9 Å². The molecule has 0 unspecified atom stereocenters. The van der Waals surface area contributed by atoms with Gasteiger partial charge in [0.15, 0.2) is 5.82 Å². The minimum absolute atomic E-state index is 0.153. The first kappa shape index (κ1) is 16.8. The third-order valence-electron chi connectivity index (χ3n) is 4.37. The van der Waals surface area contributed by atoms with Crippen molar-refractivity contribution in [1.29, 1.82) is 0 Å². The molecule has 26 heavy (non-hydrogen) atoms. The molecule has 5 nitrogen and oxygen atoms in total. The van der Waals surface area contributed by atoms with Crippen LogP contribution in [0.5, 0.6) is 0 Å². The minimum atomic E-state index is -0.153. The lowest BCUT2D eigenvalue weighted by atomic mass is 10.0. The van der Waals surface area contributed by atoms with Crippen LogP contribution in [-0.4, -0.2) is 22.3 Å². The average Bonchev–Trinajstić information content (AvgIpc) is 3.44. The number of aromatic nitrogens is 2. The molecule has 6 heteroatoms. The van der Waals surface area contributed by atoms with E-state index in [-0.39, 0.29) is 12.5 Å². The van der Waals surface area contributed by atoms with Gasteiger partial charge in [0.05, 0.1) is 6.54 Å². The molecule has 1 aliphatic carbocycles. The van der Waals surface area contributed by atoms with Crippen molar-refractivity contribution < 1.29 is 9.32 Å². The van der Waals surface area contributed by atoms with Crippen molar-refractivity contribution in [1.82, 2.24) is 15.5 Å². The van der Waals surface area contributed by atoms with Crippen LogP contribution < -0.4 is 5.32 Å². The molecule has 1 amide bonds. The molecule has 1 saturated carbocycles. The standard InChI is InChI=1S/C20H19N3O2S/c1-26-17-8-3-2-7-16(17)14-5-4-6-15(11-14)20(24)21-12-18-22-19(23-25-18)13-9-10-13/h2-8,11,13H,9-10,12H2,1H3,(H,21,24). The van der Waals surface area contributed by atoms with Crippen LogP contribution in [0.2, 0.25) is 0 Å². The molecular weight excluding hydrogens is 346 g/mol. The van der Waals surface area contributed by atoms with E-state index in [9.17, 15) is 4.79 Å². The van der Waals surface area contributed by atoms with Crippen molar-refractivity contribution in [2.75, 3.05) is 6.26 Å². The summed E-state index contributed by atoms with van der Waals surface area (Å²) < 4.78 is 5.20. The van der Waals surface area contributed by atoms with E-state index < -0.39 is 0 Å². The molecule has 0 radical (unpaired) electrons. The number of nitrogens with one attached hydrogen (secondary N) is 1. The SMILES string of the molecule is CSc1ccccc1-c1cccc(C(=O)NCc2nc(C3CC3)no2)c1. The number of carbonyl (C=O) groups is 1. The van der Waals surface area contributed by atoms with Gasteiger partial charge in [-0.25, -0.2) is 0 Å². The van der Waals surface area contributed by atoms with E-state index in [4.69, 9.17) is 4.52 Å². The first-order chi connectivity index (χ1) is 12.7. The predicted octanol–water partition coefficient (Wildman–Crippen LogP) is 4.27. The first-order valence-electron chi connectivity index (χ1n) is 8.59. The van der Waals surface area contributed by atoms with Crippen molar-refractivity contribution in [2.45, 2.75) is 30.2 Å². The van der Waals surface area contributed by atoms with E-state index >= 15 is 0 Å². The first-order valence-corrected chi connectivity index (χ1v) is 9.81. The van der Waals surface area contributed by atoms with Crippen LogP contribution in [0.1, 0.15) is 40.8 Å². The molecule has 1 heterocycles. The van der Waals surface area contributed by atoms with Crippen LogP contribution in [0.4, 0.5) is 0 Å². The van der Waals surface area contributed by atoms with Crippen molar-refractivity contribution in [3.05, 3.63) is 65.8 Å². The predicted molar refractivity (Wildman–Crippen MR) is 101 cm³/mol. The third kappa shape index (κ3) is 3.65. The van der Waals surface area contributed by atoms with E-state index in [2.05, 4.69) is 33.8 Å². The van der Waals surface area contributed by atoms with Gasteiger partial charge in [-0.3, -0.25) is 4.79 Å². The highest BCUT2D eigenvalue weighted by molar-refractivity contribution is 7.98. The van der Waals surface area contributed by atoms with Gasteiger partial charge >= 0.3 is 0 Å². The van der Waals surface area contributed by atoms with E-state index in [1.807, 2.05) is 36.4 Å². The smallest absolute Gasteiger partial charge is 0.251 e. The zero-order chi connectivity index (χ0) is 17.9. The second-order valence-electron chi connectivity index (χ2n) is 6.28. The summed E-state index contributed by atoms with van der Waals surface area (Å²) in [5, 5.41) is 6.82. The minimum Gasteiger partial charge on any atom is -0.343 e. The molecule has 1 aliphatic rings. The van der Waals surface area contributed by atoms with Crippen molar-refractivity contribution in [3.63, 3.8) is 0 Å². The quantitative estimate of drug-likeness (QED) is 0.661. The zero-order valence-corrected chi connectivity index (χ0v) is 15.3. The summed E-state index contributed by atoms with van der Waals surface area (Å²) in [6, 6.07) is 15.8. The monoisotopic (exact) mass is 365 g/mol.